The van der Waals surface area contributed by atoms with Crippen LogP contribution in [-0.2, 0) is 0 Å². The number of fused-ring (bicyclic) bond motifs is 4. The summed E-state index contributed by atoms with van der Waals surface area (Å²) in [5.74, 6) is 1.65. The molecule has 3 aliphatic heterocycles. The number of hydrogen-bond donors (Lipinski definition) is 1. The lowest BCUT2D eigenvalue weighted by Gasteiger charge is -2.51. The van der Waals surface area contributed by atoms with Crippen molar-refractivity contribution in [3.05, 3.63) is 48.0 Å². The molecule has 4 unspecified atom stereocenters. The molecule has 150 valence electrons. The van der Waals surface area contributed by atoms with Gasteiger partial charge in [-0.15, -0.1) is 0 Å². The summed E-state index contributed by atoms with van der Waals surface area (Å²) in [5.41, 5.74) is 1.10. The molecule has 0 aromatic heterocycles. The second-order valence-electron chi connectivity index (χ2n) is 7.74. The van der Waals surface area contributed by atoms with E-state index in [0.29, 0.717) is 6.04 Å². The fourth-order valence-electron chi connectivity index (χ4n) is 4.69. The maximum atomic E-state index is 11.1. The molecule has 3 heterocycles. The van der Waals surface area contributed by atoms with Crippen LogP contribution in [0.1, 0.15) is 72.0 Å². The molecular weight excluding hydrogens is 330 g/mol. The zero-order chi connectivity index (χ0) is 19.8. The van der Waals surface area contributed by atoms with Gasteiger partial charge in [0, 0.05) is 12.6 Å². The first-order valence-electron chi connectivity index (χ1n) is 11.1. The van der Waals surface area contributed by atoms with Gasteiger partial charge >= 0.3 is 0 Å². The van der Waals surface area contributed by atoms with Crippen LogP contribution in [0.3, 0.4) is 0 Å². The summed E-state index contributed by atoms with van der Waals surface area (Å²) in [4.78, 5) is 2.54. The van der Waals surface area contributed by atoms with Crippen LogP contribution in [0, 0.1) is 11.8 Å². The summed E-state index contributed by atoms with van der Waals surface area (Å²) < 4.78 is 0. The van der Waals surface area contributed by atoms with E-state index in [1.165, 1.54) is 36.6 Å². The highest BCUT2D eigenvalue weighted by molar-refractivity contribution is 5.86. The monoisotopic (exact) mass is 369 g/mol. The van der Waals surface area contributed by atoms with Crippen molar-refractivity contribution in [3.8, 4) is 0 Å². The van der Waals surface area contributed by atoms with Gasteiger partial charge in [-0.25, -0.2) is 0 Å². The smallest absolute Gasteiger partial charge is 0.0951 e. The first-order valence-corrected chi connectivity index (χ1v) is 11.1. The van der Waals surface area contributed by atoms with Gasteiger partial charge in [0.1, 0.15) is 0 Å². The molecule has 2 heteroatoms. The zero-order valence-corrected chi connectivity index (χ0v) is 18.0. The van der Waals surface area contributed by atoms with E-state index >= 15 is 0 Å². The van der Waals surface area contributed by atoms with Gasteiger partial charge in [-0.3, -0.25) is 4.90 Å². The van der Waals surface area contributed by atoms with Gasteiger partial charge in [0.25, 0.3) is 0 Å². The van der Waals surface area contributed by atoms with E-state index < -0.39 is 0 Å². The molecule has 0 saturated carbocycles. The predicted molar refractivity (Wildman–Crippen MR) is 118 cm³/mol. The van der Waals surface area contributed by atoms with Gasteiger partial charge in [0.15, 0.2) is 0 Å². The molecule has 2 bridgehead atoms. The molecule has 5 rings (SSSR count). The number of hydrogen-bond acceptors (Lipinski definition) is 2. The molecule has 2 nitrogen and oxygen atoms in total. The minimum absolute atomic E-state index is 0.298. The average Bonchev–Trinajstić information content (AvgIpc) is 2.75. The van der Waals surface area contributed by atoms with E-state index in [1.54, 1.807) is 0 Å². The molecule has 27 heavy (non-hydrogen) atoms. The van der Waals surface area contributed by atoms with Gasteiger partial charge < -0.3 is 5.11 Å². The summed E-state index contributed by atoms with van der Waals surface area (Å²) >= 11 is 0. The van der Waals surface area contributed by atoms with Crippen LogP contribution in [0.2, 0.25) is 0 Å². The molecule has 0 spiro atoms. The molecule has 2 aromatic carbocycles. The summed E-state index contributed by atoms with van der Waals surface area (Å²) in [6.07, 6.45) is 4.63. The Morgan fingerprint density at radius 2 is 1.70 bits per heavy atom. The van der Waals surface area contributed by atoms with Crippen LogP contribution in [0.15, 0.2) is 42.5 Å². The SMILES string of the molecule is CC.CCC.CCC1CN2CCC1C[C@@H]2C(O)c1cccc2ccccc12. The number of aliphatic hydroxyl groups is 1. The molecule has 5 atom stereocenters. The standard InChI is InChI=1S/C20H25NO.C3H8.C2H6/c1-2-14-13-21-11-10-16(14)12-19(21)20(22)18-9-5-7-15-6-3-4-8-17(15)18;1-3-2;1-2/h3-9,14,16,19-20,22H,2,10-13H2,1H3;3H2,1-2H3;1-2H3/t14?,16?,19-,20?;;/m1../s1. The second-order valence-corrected chi connectivity index (χ2v) is 7.74. The lowest BCUT2D eigenvalue weighted by Crippen LogP contribution is -2.55. The van der Waals surface area contributed by atoms with Crippen molar-refractivity contribution in [1.29, 1.82) is 0 Å². The minimum atomic E-state index is -0.369. The Balaban J connectivity index is 0.000000478. The van der Waals surface area contributed by atoms with E-state index in [-0.39, 0.29) is 6.10 Å². The molecule has 2 aromatic rings. The van der Waals surface area contributed by atoms with Gasteiger partial charge in [-0.2, -0.15) is 0 Å². The first kappa shape index (κ1) is 21.9. The average molecular weight is 370 g/mol. The first-order chi connectivity index (χ1) is 13.2. The third-order valence-electron chi connectivity index (χ3n) is 5.97. The van der Waals surface area contributed by atoms with Crippen molar-refractivity contribution >= 4 is 10.8 Å². The molecule has 3 saturated heterocycles. The lowest BCUT2D eigenvalue weighted by molar-refractivity contribution is -0.0562. The normalized spacial score (nSPS) is 27.2. The summed E-state index contributed by atoms with van der Waals surface area (Å²) in [6, 6.07) is 15.0. The number of nitrogens with zero attached hydrogens (tertiary/aromatic N) is 1. The topological polar surface area (TPSA) is 23.5 Å². The molecule has 3 aliphatic rings. The minimum Gasteiger partial charge on any atom is -0.387 e. The number of piperidine rings is 3. The van der Waals surface area contributed by atoms with Gasteiger partial charge in [0.05, 0.1) is 6.10 Å². The van der Waals surface area contributed by atoms with Gasteiger partial charge in [-0.05, 0) is 47.6 Å². The van der Waals surface area contributed by atoms with Crippen molar-refractivity contribution < 1.29 is 5.11 Å². The Morgan fingerprint density at radius 3 is 2.33 bits per heavy atom. The van der Waals surface area contributed by atoms with Crippen LogP contribution in [-0.4, -0.2) is 29.1 Å². The molecule has 0 amide bonds. The maximum Gasteiger partial charge on any atom is 0.0951 e. The van der Waals surface area contributed by atoms with E-state index in [1.807, 2.05) is 13.8 Å². The van der Waals surface area contributed by atoms with E-state index in [9.17, 15) is 5.11 Å². The molecule has 1 N–H and O–H groups in total. The van der Waals surface area contributed by atoms with Gasteiger partial charge in [0.2, 0.25) is 0 Å². The molecule has 0 radical (unpaired) electrons. The lowest BCUT2D eigenvalue weighted by atomic mass is 9.72. The van der Waals surface area contributed by atoms with E-state index in [2.05, 4.69) is 68.1 Å². The van der Waals surface area contributed by atoms with Gasteiger partial charge in [-0.1, -0.05) is 89.9 Å². The van der Waals surface area contributed by atoms with Crippen molar-refractivity contribution in [2.24, 2.45) is 11.8 Å². The highest BCUT2D eigenvalue weighted by Gasteiger charge is 2.42. The highest BCUT2D eigenvalue weighted by Crippen LogP contribution is 2.42. The Bertz CT molecular complexity index is 678. The van der Waals surface area contributed by atoms with Crippen molar-refractivity contribution in [3.63, 3.8) is 0 Å². The number of benzene rings is 2. The fraction of sp³-hybridized carbons (Fsp3) is 0.600. The third kappa shape index (κ3) is 4.92. The Morgan fingerprint density at radius 1 is 1.04 bits per heavy atom. The van der Waals surface area contributed by atoms with E-state index in [4.69, 9.17) is 0 Å². The number of aliphatic hydroxyl groups excluding tert-OH is 1. The maximum absolute atomic E-state index is 11.1. The zero-order valence-electron chi connectivity index (χ0n) is 18.0. The van der Waals surface area contributed by atoms with Crippen LogP contribution in [0.25, 0.3) is 10.8 Å². The van der Waals surface area contributed by atoms with Crippen molar-refractivity contribution in [1.82, 2.24) is 4.90 Å². The summed E-state index contributed by atoms with van der Waals surface area (Å²) in [6.45, 7) is 12.9. The molecule has 3 fully saturated rings. The third-order valence-corrected chi connectivity index (χ3v) is 5.97. The highest BCUT2D eigenvalue weighted by atomic mass is 16.3. The Hall–Kier alpha value is -1.38. The Labute approximate surface area is 166 Å². The van der Waals surface area contributed by atoms with Crippen LogP contribution in [0.5, 0.6) is 0 Å². The van der Waals surface area contributed by atoms with E-state index in [0.717, 1.165) is 30.4 Å². The molecular formula is C25H39NO. The van der Waals surface area contributed by atoms with Crippen molar-refractivity contribution in [2.75, 3.05) is 13.1 Å². The summed E-state index contributed by atoms with van der Waals surface area (Å²) in [7, 11) is 0. The second kappa shape index (κ2) is 10.8. The molecule has 0 aliphatic carbocycles. The quantitative estimate of drug-likeness (QED) is 0.673. The Kier molecular flexibility index (Phi) is 8.79. The predicted octanol–water partition coefficient (Wildman–Crippen LogP) is 6.44. The fourth-order valence-corrected chi connectivity index (χ4v) is 4.69. The van der Waals surface area contributed by atoms with Crippen LogP contribution < -0.4 is 0 Å². The van der Waals surface area contributed by atoms with Crippen molar-refractivity contribution in [2.45, 2.75) is 72.4 Å². The van der Waals surface area contributed by atoms with Crippen LogP contribution >= 0.6 is 0 Å². The largest absolute Gasteiger partial charge is 0.387 e. The summed E-state index contributed by atoms with van der Waals surface area (Å²) in [5, 5.41) is 13.5. The number of rotatable bonds is 3. The van der Waals surface area contributed by atoms with Crippen LogP contribution in [0.4, 0.5) is 0 Å².